The maximum Gasteiger partial charge on any atom is 0.242 e. The molecule has 0 aromatic heterocycles. The highest BCUT2D eigenvalue weighted by molar-refractivity contribution is 7.89. The summed E-state index contributed by atoms with van der Waals surface area (Å²) in [7, 11) is -1.09. The SMILES string of the molecule is COc1ccc(S(=O)(=O)NC(C)C(=O)Nc2ccccc2Cl)cc1OC. The number of para-hydroxylation sites is 1. The minimum atomic E-state index is -3.94. The zero-order valence-corrected chi connectivity index (χ0v) is 16.0. The molecule has 0 aliphatic rings. The largest absolute Gasteiger partial charge is 0.493 e. The van der Waals surface area contributed by atoms with Gasteiger partial charge in [-0.05, 0) is 31.2 Å². The van der Waals surface area contributed by atoms with E-state index in [0.29, 0.717) is 16.5 Å². The number of carbonyl (C=O) groups is 1. The molecule has 2 aromatic carbocycles. The average molecular weight is 399 g/mol. The third-order valence-electron chi connectivity index (χ3n) is 3.52. The van der Waals surface area contributed by atoms with Crippen molar-refractivity contribution in [3.05, 3.63) is 47.5 Å². The number of hydrogen-bond acceptors (Lipinski definition) is 5. The predicted octanol–water partition coefficient (Wildman–Crippen LogP) is 2.66. The number of sulfonamides is 1. The molecular weight excluding hydrogens is 380 g/mol. The molecule has 0 heterocycles. The van der Waals surface area contributed by atoms with Crippen LogP contribution in [0.1, 0.15) is 6.92 Å². The molecule has 0 bridgehead atoms. The van der Waals surface area contributed by atoms with Crippen LogP contribution in [0.15, 0.2) is 47.4 Å². The Bertz CT molecular complexity index is 902. The van der Waals surface area contributed by atoms with Crippen molar-refractivity contribution < 1.29 is 22.7 Å². The van der Waals surface area contributed by atoms with E-state index in [1.54, 1.807) is 24.3 Å². The van der Waals surface area contributed by atoms with Gasteiger partial charge < -0.3 is 14.8 Å². The van der Waals surface area contributed by atoms with Gasteiger partial charge >= 0.3 is 0 Å². The number of carbonyl (C=O) groups excluding carboxylic acids is 1. The van der Waals surface area contributed by atoms with Crippen molar-refractivity contribution in [3.8, 4) is 11.5 Å². The molecule has 26 heavy (non-hydrogen) atoms. The fourth-order valence-corrected chi connectivity index (χ4v) is 3.54. The van der Waals surface area contributed by atoms with E-state index in [0.717, 1.165) is 0 Å². The lowest BCUT2D eigenvalue weighted by molar-refractivity contribution is -0.117. The monoisotopic (exact) mass is 398 g/mol. The highest BCUT2D eigenvalue weighted by Gasteiger charge is 2.23. The number of methoxy groups -OCH3 is 2. The third kappa shape index (κ3) is 4.66. The predicted molar refractivity (Wildman–Crippen MR) is 99.4 cm³/mol. The number of benzene rings is 2. The van der Waals surface area contributed by atoms with Gasteiger partial charge in [-0.3, -0.25) is 4.79 Å². The number of rotatable bonds is 7. The lowest BCUT2D eigenvalue weighted by Gasteiger charge is -2.16. The third-order valence-corrected chi connectivity index (χ3v) is 5.39. The molecule has 0 saturated heterocycles. The van der Waals surface area contributed by atoms with Gasteiger partial charge in [0.25, 0.3) is 0 Å². The highest BCUT2D eigenvalue weighted by atomic mass is 35.5. The molecule has 2 rings (SSSR count). The summed E-state index contributed by atoms with van der Waals surface area (Å²) in [5, 5.41) is 2.94. The number of nitrogens with one attached hydrogen (secondary N) is 2. The molecule has 7 nitrogen and oxygen atoms in total. The Balaban J connectivity index is 2.15. The molecule has 9 heteroatoms. The summed E-state index contributed by atoms with van der Waals surface area (Å²) < 4.78 is 37.6. The molecule has 0 saturated carbocycles. The van der Waals surface area contributed by atoms with E-state index in [9.17, 15) is 13.2 Å². The van der Waals surface area contributed by atoms with Crippen molar-refractivity contribution in [2.75, 3.05) is 19.5 Å². The molecule has 2 N–H and O–H groups in total. The van der Waals surface area contributed by atoms with Gasteiger partial charge in [-0.1, -0.05) is 23.7 Å². The van der Waals surface area contributed by atoms with E-state index in [4.69, 9.17) is 21.1 Å². The summed E-state index contributed by atoms with van der Waals surface area (Å²) in [5.74, 6) is 0.127. The molecule has 0 aliphatic carbocycles. The van der Waals surface area contributed by atoms with Gasteiger partial charge in [0.05, 0.1) is 35.9 Å². The average Bonchev–Trinajstić information content (AvgIpc) is 2.62. The summed E-state index contributed by atoms with van der Waals surface area (Å²) >= 11 is 5.98. The molecule has 0 aliphatic heterocycles. The number of amides is 1. The second-order valence-electron chi connectivity index (χ2n) is 5.33. The Morgan fingerprint density at radius 1 is 1.08 bits per heavy atom. The Labute approximate surface area is 157 Å². The van der Waals surface area contributed by atoms with Crippen LogP contribution in [-0.2, 0) is 14.8 Å². The minimum absolute atomic E-state index is 0.0486. The molecule has 1 unspecified atom stereocenters. The van der Waals surface area contributed by atoms with Gasteiger partial charge in [0.1, 0.15) is 0 Å². The Morgan fingerprint density at radius 3 is 2.35 bits per heavy atom. The first kappa shape index (κ1) is 20.0. The van der Waals surface area contributed by atoms with E-state index in [1.165, 1.54) is 39.3 Å². The van der Waals surface area contributed by atoms with E-state index in [1.807, 2.05) is 0 Å². The van der Waals surface area contributed by atoms with E-state index in [-0.39, 0.29) is 10.6 Å². The smallest absolute Gasteiger partial charge is 0.242 e. The van der Waals surface area contributed by atoms with E-state index >= 15 is 0 Å². The summed E-state index contributed by atoms with van der Waals surface area (Å²) in [6, 6.07) is 9.81. The van der Waals surface area contributed by atoms with Crippen molar-refractivity contribution >= 4 is 33.2 Å². The van der Waals surface area contributed by atoms with Crippen LogP contribution in [0.3, 0.4) is 0 Å². The minimum Gasteiger partial charge on any atom is -0.493 e. The molecule has 0 spiro atoms. The second kappa shape index (κ2) is 8.39. The fraction of sp³-hybridized carbons (Fsp3) is 0.235. The zero-order valence-electron chi connectivity index (χ0n) is 14.4. The molecule has 1 amide bonds. The van der Waals surface area contributed by atoms with Crippen LogP contribution in [0, 0.1) is 0 Å². The van der Waals surface area contributed by atoms with Crippen LogP contribution in [-0.4, -0.2) is 34.6 Å². The normalized spacial score (nSPS) is 12.3. The van der Waals surface area contributed by atoms with Crippen LogP contribution in [0.25, 0.3) is 0 Å². The Hall–Kier alpha value is -2.29. The second-order valence-corrected chi connectivity index (χ2v) is 7.45. The zero-order chi connectivity index (χ0) is 19.3. The number of ether oxygens (including phenoxy) is 2. The van der Waals surface area contributed by atoms with Gasteiger partial charge in [-0.15, -0.1) is 0 Å². The maximum absolute atomic E-state index is 12.5. The van der Waals surface area contributed by atoms with E-state index in [2.05, 4.69) is 10.0 Å². The molecule has 1 atom stereocenters. The summed E-state index contributed by atoms with van der Waals surface area (Å²) in [5.41, 5.74) is 0.399. The van der Waals surface area contributed by atoms with Crippen LogP contribution in [0.2, 0.25) is 5.02 Å². The standard InChI is InChI=1S/C17H19ClN2O5S/c1-11(17(21)19-14-7-5-4-6-13(14)18)20-26(22,23)12-8-9-15(24-2)16(10-12)25-3/h4-11,20H,1-3H3,(H,19,21). The molecule has 2 aromatic rings. The maximum atomic E-state index is 12.5. The van der Waals surface area contributed by atoms with Crippen LogP contribution in [0.4, 0.5) is 5.69 Å². The Morgan fingerprint density at radius 2 is 1.73 bits per heavy atom. The van der Waals surface area contributed by atoms with E-state index < -0.39 is 22.0 Å². The van der Waals surface area contributed by atoms with Gasteiger partial charge in [-0.2, -0.15) is 4.72 Å². The quantitative estimate of drug-likeness (QED) is 0.747. The van der Waals surface area contributed by atoms with Gasteiger partial charge in [0.2, 0.25) is 15.9 Å². The van der Waals surface area contributed by atoms with Crippen molar-refractivity contribution in [2.45, 2.75) is 17.9 Å². The number of hydrogen-bond donors (Lipinski definition) is 2. The van der Waals surface area contributed by atoms with Crippen molar-refractivity contribution in [1.82, 2.24) is 4.72 Å². The van der Waals surface area contributed by atoms with Crippen LogP contribution < -0.4 is 19.5 Å². The molecular formula is C17H19ClN2O5S. The molecule has 140 valence electrons. The van der Waals surface area contributed by atoms with Gasteiger partial charge in [0.15, 0.2) is 11.5 Å². The van der Waals surface area contributed by atoms with Gasteiger partial charge in [0, 0.05) is 6.07 Å². The lowest BCUT2D eigenvalue weighted by atomic mass is 10.3. The number of halogens is 1. The molecule has 0 radical (unpaired) electrons. The van der Waals surface area contributed by atoms with Crippen LogP contribution >= 0.6 is 11.6 Å². The summed E-state index contributed by atoms with van der Waals surface area (Å²) in [6.07, 6.45) is 0. The summed E-state index contributed by atoms with van der Waals surface area (Å²) in [6.45, 7) is 1.44. The first-order valence-electron chi connectivity index (χ1n) is 7.58. The van der Waals surface area contributed by atoms with Crippen molar-refractivity contribution in [2.24, 2.45) is 0 Å². The fourth-order valence-electron chi connectivity index (χ4n) is 2.14. The van der Waals surface area contributed by atoms with Crippen molar-refractivity contribution in [1.29, 1.82) is 0 Å². The summed E-state index contributed by atoms with van der Waals surface area (Å²) in [4.78, 5) is 12.2. The topological polar surface area (TPSA) is 93.7 Å². The molecule has 0 fully saturated rings. The van der Waals surface area contributed by atoms with Gasteiger partial charge in [-0.25, -0.2) is 8.42 Å². The highest BCUT2D eigenvalue weighted by Crippen LogP contribution is 2.29. The first-order valence-corrected chi connectivity index (χ1v) is 9.44. The van der Waals surface area contributed by atoms with Crippen LogP contribution in [0.5, 0.6) is 11.5 Å². The lowest BCUT2D eigenvalue weighted by Crippen LogP contribution is -2.41. The number of anilines is 1. The Kier molecular flexibility index (Phi) is 6.47. The van der Waals surface area contributed by atoms with Crippen molar-refractivity contribution in [3.63, 3.8) is 0 Å². The first-order chi connectivity index (χ1) is 12.3.